The summed E-state index contributed by atoms with van der Waals surface area (Å²) in [6.07, 6.45) is 0. The number of aliphatic imine (C=N–C) groups is 1. The molecular formula is C20H16N4O3S. The number of para-hydroxylation sites is 1. The zero-order valence-electron chi connectivity index (χ0n) is 14.9. The first kappa shape index (κ1) is 19.3. The summed E-state index contributed by atoms with van der Waals surface area (Å²) in [5.41, 5.74) is 1.66. The third kappa shape index (κ3) is 3.80. The van der Waals surface area contributed by atoms with Gasteiger partial charge in [-0.3, -0.25) is 14.9 Å². The van der Waals surface area contributed by atoms with Crippen molar-refractivity contribution in [3.8, 4) is 6.07 Å². The van der Waals surface area contributed by atoms with E-state index in [9.17, 15) is 20.2 Å². The quantitative estimate of drug-likeness (QED) is 0.464. The molecule has 2 aromatic rings. The fourth-order valence-electron chi connectivity index (χ4n) is 3.24. The van der Waals surface area contributed by atoms with Crippen LogP contribution in [0.4, 0.5) is 11.4 Å². The lowest BCUT2D eigenvalue weighted by Crippen LogP contribution is -2.36. The summed E-state index contributed by atoms with van der Waals surface area (Å²) in [5, 5.41) is 23.9. The molecule has 0 saturated heterocycles. The molecule has 2 atom stereocenters. The first-order valence-electron chi connectivity index (χ1n) is 8.41. The van der Waals surface area contributed by atoms with Crippen LogP contribution in [0, 0.1) is 27.4 Å². The van der Waals surface area contributed by atoms with Gasteiger partial charge in [0.1, 0.15) is 5.03 Å². The number of non-ortho nitro benzene ring substituents is 1. The topological polar surface area (TPSA) is 108 Å². The van der Waals surface area contributed by atoms with E-state index in [-0.39, 0.29) is 22.2 Å². The number of amides is 1. The van der Waals surface area contributed by atoms with Crippen LogP contribution in [0.3, 0.4) is 0 Å². The van der Waals surface area contributed by atoms with E-state index in [4.69, 9.17) is 0 Å². The van der Waals surface area contributed by atoms with E-state index >= 15 is 0 Å². The Hall–Kier alpha value is -3.44. The minimum absolute atomic E-state index is 0.113. The molecule has 1 aliphatic heterocycles. The van der Waals surface area contributed by atoms with Crippen molar-refractivity contribution in [2.24, 2.45) is 10.9 Å². The van der Waals surface area contributed by atoms with Gasteiger partial charge < -0.3 is 5.32 Å². The van der Waals surface area contributed by atoms with E-state index in [0.717, 1.165) is 0 Å². The second kappa shape index (κ2) is 8.06. The number of nitrogens with one attached hydrogen (secondary N) is 1. The van der Waals surface area contributed by atoms with Crippen molar-refractivity contribution in [3.05, 3.63) is 80.9 Å². The monoisotopic (exact) mass is 392 g/mol. The summed E-state index contributed by atoms with van der Waals surface area (Å²) in [6.45, 7) is 1.68. The first-order valence-corrected chi connectivity index (χ1v) is 8.85. The third-order valence-electron chi connectivity index (χ3n) is 4.50. The van der Waals surface area contributed by atoms with E-state index in [1.54, 1.807) is 37.3 Å². The fourth-order valence-corrected chi connectivity index (χ4v) is 3.58. The second-order valence-corrected chi connectivity index (χ2v) is 6.69. The summed E-state index contributed by atoms with van der Waals surface area (Å²) in [4.78, 5) is 28.0. The van der Waals surface area contributed by atoms with Crippen molar-refractivity contribution in [2.75, 3.05) is 5.32 Å². The predicted octanol–water partition coefficient (Wildman–Crippen LogP) is 4.07. The molecule has 1 amide bonds. The van der Waals surface area contributed by atoms with Crippen LogP contribution in [-0.2, 0) is 4.79 Å². The van der Waals surface area contributed by atoms with Crippen molar-refractivity contribution >= 4 is 35.6 Å². The minimum atomic E-state index is -0.798. The van der Waals surface area contributed by atoms with E-state index in [1.807, 2.05) is 6.07 Å². The molecule has 2 aromatic carbocycles. The molecule has 0 radical (unpaired) electrons. The number of nitrogens with zero attached hydrogens (tertiary/aromatic N) is 3. The number of benzene rings is 2. The van der Waals surface area contributed by atoms with Crippen LogP contribution in [0.25, 0.3) is 0 Å². The SMILES string of the molecule is CC1=NC(S)=C(C#N)[C@@H](c2cccc([N+](=O)[O-])c2)C1C(=O)Nc1ccccc1. The molecule has 1 heterocycles. The average molecular weight is 392 g/mol. The molecule has 1 aliphatic rings. The minimum Gasteiger partial charge on any atom is -0.325 e. The number of hydrogen-bond donors (Lipinski definition) is 2. The number of thiol groups is 1. The summed E-state index contributed by atoms with van der Waals surface area (Å²) in [5.74, 6) is -1.87. The van der Waals surface area contributed by atoms with E-state index in [0.29, 0.717) is 17.0 Å². The number of nitro groups is 1. The predicted molar refractivity (Wildman–Crippen MR) is 109 cm³/mol. The normalized spacial score (nSPS) is 18.8. The highest BCUT2D eigenvalue weighted by atomic mass is 32.1. The van der Waals surface area contributed by atoms with Gasteiger partial charge in [0.25, 0.3) is 5.69 Å². The molecule has 0 aliphatic carbocycles. The molecule has 3 rings (SSSR count). The lowest BCUT2D eigenvalue weighted by Gasteiger charge is -2.30. The molecule has 0 saturated carbocycles. The van der Waals surface area contributed by atoms with E-state index in [1.165, 1.54) is 18.2 Å². The molecule has 1 unspecified atom stereocenters. The Morgan fingerprint density at radius 1 is 1.25 bits per heavy atom. The Balaban J connectivity index is 2.07. The molecule has 0 spiro atoms. The van der Waals surface area contributed by atoms with Gasteiger partial charge in [-0.05, 0) is 24.6 Å². The molecule has 0 aromatic heterocycles. The molecular weight excluding hydrogens is 376 g/mol. The smallest absolute Gasteiger partial charge is 0.269 e. The van der Waals surface area contributed by atoms with Gasteiger partial charge in [-0.15, -0.1) is 12.6 Å². The van der Waals surface area contributed by atoms with Crippen LogP contribution >= 0.6 is 12.6 Å². The standard InChI is InChI=1S/C20H16N4O3S/c1-12-17(19(25)23-14-7-3-2-4-8-14)18(16(11-21)20(28)22-12)13-6-5-9-15(10-13)24(26)27/h2-10,17-18,28H,1H3,(H,23,25)/t17?,18-/m1/s1. The number of anilines is 1. The lowest BCUT2D eigenvalue weighted by atomic mass is 9.76. The highest BCUT2D eigenvalue weighted by Gasteiger charge is 2.39. The van der Waals surface area contributed by atoms with Crippen LogP contribution in [-0.4, -0.2) is 16.5 Å². The number of allylic oxidation sites excluding steroid dienone is 1. The van der Waals surface area contributed by atoms with Gasteiger partial charge in [0, 0.05) is 29.4 Å². The number of rotatable bonds is 4. The summed E-state index contributed by atoms with van der Waals surface area (Å²) in [6, 6.07) is 16.9. The van der Waals surface area contributed by atoms with Crippen molar-refractivity contribution in [1.29, 1.82) is 5.26 Å². The fraction of sp³-hybridized carbons (Fsp3) is 0.150. The largest absolute Gasteiger partial charge is 0.325 e. The van der Waals surface area contributed by atoms with Crippen LogP contribution < -0.4 is 5.32 Å². The molecule has 28 heavy (non-hydrogen) atoms. The van der Waals surface area contributed by atoms with Crippen molar-refractivity contribution in [1.82, 2.24) is 0 Å². The van der Waals surface area contributed by atoms with Gasteiger partial charge in [0.2, 0.25) is 5.91 Å². The van der Waals surface area contributed by atoms with Crippen molar-refractivity contribution in [2.45, 2.75) is 12.8 Å². The van der Waals surface area contributed by atoms with Crippen LogP contribution in [0.1, 0.15) is 18.4 Å². The highest BCUT2D eigenvalue weighted by Crippen LogP contribution is 2.40. The van der Waals surface area contributed by atoms with Crippen molar-refractivity contribution < 1.29 is 9.72 Å². The lowest BCUT2D eigenvalue weighted by molar-refractivity contribution is -0.384. The van der Waals surface area contributed by atoms with E-state index < -0.39 is 16.8 Å². The number of nitro benzene ring substituents is 1. The second-order valence-electron chi connectivity index (χ2n) is 6.26. The number of nitriles is 1. The Labute approximate surface area is 167 Å². The Kier molecular flexibility index (Phi) is 5.57. The van der Waals surface area contributed by atoms with Crippen LogP contribution in [0.2, 0.25) is 0 Å². The number of hydrogen-bond acceptors (Lipinski definition) is 6. The maximum atomic E-state index is 13.1. The first-order chi connectivity index (χ1) is 13.4. The summed E-state index contributed by atoms with van der Waals surface area (Å²) >= 11 is 4.28. The molecule has 0 bridgehead atoms. The maximum Gasteiger partial charge on any atom is 0.269 e. The number of carbonyl (C=O) groups is 1. The van der Waals surface area contributed by atoms with Gasteiger partial charge in [-0.1, -0.05) is 30.3 Å². The summed E-state index contributed by atoms with van der Waals surface area (Å²) < 4.78 is 0. The molecule has 7 nitrogen and oxygen atoms in total. The molecule has 140 valence electrons. The average Bonchev–Trinajstić information content (AvgIpc) is 2.68. The highest BCUT2D eigenvalue weighted by molar-refractivity contribution is 7.84. The Morgan fingerprint density at radius 3 is 2.61 bits per heavy atom. The third-order valence-corrected chi connectivity index (χ3v) is 4.84. The van der Waals surface area contributed by atoms with Crippen LogP contribution in [0.15, 0.2) is 70.2 Å². The van der Waals surface area contributed by atoms with Gasteiger partial charge in [0.05, 0.1) is 22.5 Å². The maximum absolute atomic E-state index is 13.1. The Morgan fingerprint density at radius 2 is 1.96 bits per heavy atom. The number of carbonyl (C=O) groups excluding carboxylic acids is 1. The molecule has 1 N–H and O–H groups in total. The Bertz CT molecular complexity index is 1040. The zero-order valence-corrected chi connectivity index (χ0v) is 15.8. The van der Waals surface area contributed by atoms with E-state index in [2.05, 4.69) is 29.0 Å². The van der Waals surface area contributed by atoms with Gasteiger partial charge >= 0.3 is 0 Å². The van der Waals surface area contributed by atoms with Crippen molar-refractivity contribution in [3.63, 3.8) is 0 Å². The van der Waals surface area contributed by atoms with Gasteiger partial charge in [-0.25, -0.2) is 4.99 Å². The van der Waals surface area contributed by atoms with Gasteiger partial charge in [-0.2, -0.15) is 5.26 Å². The van der Waals surface area contributed by atoms with Crippen LogP contribution in [0.5, 0.6) is 0 Å². The molecule has 8 heteroatoms. The summed E-state index contributed by atoms with van der Waals surface area (Å²) in [7, 11) is 0. The van der Waals surface area contributed by atoms with Gasteiger partial charge in [0.15, 0.2) is 0 Å². The molecule has 0 fully saturated rings. The zero-order chi connectivity index (χ0) is 20.3.